The predicted octanol–water partition coefficient (Wildman–Crippen LogP) is 2.55. The summed E-state index contributed by atoms with van der Waals surface area (Å²) in [5.74, 6) is -0.146. The topological polar surface area (TPSA) is 75.3 Å². The summed E-state index contributed by atoms with van der Waals surface area (Å²) in [7, 11) is -3.52. The molecule has 6 heteroatoms. The third-order valence-corrected chi connectivity index (χ3v) is 4.72. The quantitative estimate of drug-likeness (QED) is 0.853. The first-order valence-electron chi connectivity index (χ1n) is 7.33. The number of hydrogen-bond acceptors (Lipinski definition) is 3. The second-order valence-electron chi connectivity index (χ2n) is 5.51. The molecular formula is C17H20N2O3S. The molecular weight excluding hydrogens is 312 g/mol. The first kappa shape index (κ1) is 17.2. The molecule has 0 aliphatic rings. The van der Waals surface area contributed by atoms with E-state index >= 15 is 0 Å². The molecule has 0 heterocycles. The first-order valence-corrected chi connectivity index (χ1v) is 8.81. The van der Waals surface area contributed by atoms with Crippen molar-refractivity contribution in [2.75, 3.05) is 5.32 Å². The number of benzene rings is 2. The summed E-state index contributed by atoms with van der Waals surface area (Å²) in [5, 5.41) is 2.76. The van der Waals surface area contributed by atoms with Crippen molar-refractivity contribution >= 4 is 21.6 Å². The van der Waals surface area contributed by atoms with Crippen LogP contribution in [0.15, 0.2) is 59.5 Å². The van der Waals surface area contributed by atoms with Crippen molar-refractivity contribution in [3.05, 3.63) is 60.2 Å². The fraction of sp³-hybridized carbons (Fsp3) is 0.235. The van der Waals surface area contributed by atoms with Gasteiger partial charge in [0.2, 0.25) is 15.9 Å². The first-order chi connectivity index (χ1) is 10.9. The van der Waals surface area contributed by atoms with Crippen LogP contribution in [-0.2, 0) is 21.2 Å². The Labute approximate surface area is 136 Å². The zero-order chi connectivity index (χ0) is 16.9. The summed E-state index contributed by atoms with van der Waals surface area (Å²) < 4.78 is 26.6. The summed E-state index contributed by atoms with van der Waals surface area (Å²) >= 11 is 0. The van der Waals surface area contributed by atoms with E-state index in [0.717, 1.165) is 5.56 Å². The number of carbonyl (C=O) groups excluding carboxylic acids is 1. The van der Waals surface area contributed by atoms with Crippen molar-refractivity contribution in [3.8, 4) is 0 Å². The molecule has 0 spiro atoms. The Hall–Kier alpha value is -2.18. The molecule has 0 aromatic heterocycles. The molecule has 2 rings (SSSR count). The van der Waals surface area contributed by atoms with Crippen molar-refractivity contribution in [2.45, 2.75) is 31.2 Å². The number of sulfonamides is 1. The van der Waals surface area contributed by atoms with Crippen LogP contribution in [0.5, 0.6) is 0 Å². The molecule has 23 heavy (non-hydrogen) atoms. The lowest BCUT2D eigenvalue weighted by Crippen LogP contribution is -2.30. The van der Waals surface area contributed by atoms with Crippen LogP contribution in [0.2, 0.25) is 0 Å². The normalized spacial score (nSPS) is 11.4. The monoisotopic (exact) mass is 332 g/mol. The molecule has 2 aromatic carbocycles. The van der Waals surface area contributed by atoms with Crippen molar-refractivity contribution in [1.82, 2.24) is 4.72 Å². The number of rotatable bonds is 6. The van der Waals surface area contributed by atoms with E-state index < -0.39 is 10.0 Å². The fourth-order valence-electron chi connectivity index (χ4n) is 2.08. The van der Waals surface area contributed by atoms with Crippen molar-refractivity contribution in [2.24, 2.45) is 0 Å². The Bertz CT molecular complexity index is 754. The smallest absolute Gasteiger partial charge is 0.240 e. The van der Waals surface area contributed by atoms with Crippen molar-refractivity contribution in [3.63, 3.8) is 0 Å². The Balaban J connectivity index is 2.01. The third-order valence-electron chi connectivity index (χ3n) is 3.05. The van der Waals surface area contributed by atoms with Gasteiger partial charge in [-0.1, -0.05) is 30.3 Å². The van der Waals surface area contributed by atoms with E-state index in [1.165, 1.54) is 12.1 Å². The van der Waals surface area contributed by atoms with Gasteiger partial charge in [0.25, 0.3) is 0 Å². The van der Waals surface area contributed by atoms with E-state index in [1.807, 2.05) is 30.3 Å². The van der Waals surface area contributed by atoms with E-state index in [2.05, 4.69) is 10.0 Å². The van der Waals surface area contributed by atoms with Crippen molar-refractivity contribution in [1.29, 1.82) is 0 Å². The molecule has 2 aromatic rings. The zero-order valence-corrected chi connectivity index (χ0v) is 13.9. The number of carbonyl (C=O) groups is 1. The van der Waals surface area contributed by atoms with E-state index in [9.17, 15) is 13.2 Å². The second kappa shape index (κ2) is 7.39. The van der Waals surface area contributed by atoms with Crippen LogP contribution in [0.1, 0.15) is 19.4 Å². The highest BCUT2D eigenvalue weighted by molar-refractivity contribution is 7.89. The number of nitrogens with one attached hydrogen (secondary N) is 2. The van der Waals surface area contributed by atoms with Gasteiger partial charge >= 0.3 is 0 Å². The standard InChI is InChI=1S/C17H20N2O3S/c1-13(2)19-23(21,22)16-10-8-15(9-11-16)18-17(20)12-14-6-4-3-5-7-14/h3-11,13,19H,12H2,1-2H3,(H,18,20). The van der Waals surface area contributed by atoms with Gasteiger partial charge in [-0.2, -0.15) is 0 Å². The minimum atomic E-state index is -3.52. The number of hydrogen-bond donors (Lipinski definition) is 2. The summed E-state index contributed by atoms with van der Waals surface area (Å²) in [6.07, 6.45) is 0.274. The van der Waals surface area contributed by atoms with Crippen LogP contribution >= 0.6 is 0 Å². The van der Waals surface area contributed by atoms with Gasteiger partial charge < -0.3 is 5.32 Å². The summed E-state index contributed by atoms with van der Waals surface area (Å²) in [6.45, 7) is 3.52. The molecule has 0 saturated heterocycles. The average molecular weight is 332 g/mol. The maximum atomic E-state index is 12.0. The van der Waals surface area contributed by atoms with E-state index in [0.29, 0.717) is 5.69 Å². The van der Waals surface area contributed by atoms with Gasteiger partial charge in [0.05, 0.1) is 11.3 Å². The highest BCUT2D eigenvalue weighted by Gasteiger charge is 2.15. The molecule has 0 fully saturated rings. The Morgan fingerprint density at radius 1 is 1.00 bits per heavy atom. The SMILES string of the molecule is CC(C)NS(=O)(=O)c1ccc(NC(=O)Cc2ccccc2)cc1. The molecule has 0 saturated carbocycles. The lowest BCUT2D eigenvalue weighted by Gasteiger charge is -2.10. The van der Waals surface area contributed by atoms with Crippen LogP contribution in [0.3, 0.4) is 0 Å². The summed E-state index contributed by atoms with van der Waals surface area (Å²) in [6, 6.07) is 15.4. The van der Waals surface area contributed by atoms with Crippen LogP contribution in [-0.4, -0.2) is 20.4 Å². The summed E-state index contributed by atoms with van der Waals surface area (Å²) in [5.41, 5.74) is 1.49. The molecule has 5 nitrogen and oxygen atoms in total. The largest absolute Gasteiger partial charge is 0.326 e. The minimum absolute atomic E-state index is 0.146. The van der Waals surface area contributed by atoms with Crippen molar-refractivity contribution < 1.29 is 13.2 Å². The predicted molar refractivity (Wildman–Crippen MR) is 90.7 cm³/mol. The van der Waals surface area contributed by atoms with Gasteiger partial charge in [0, 0.05) is 11.7 Å². The number of anilines is 1. The maximum absolute atomic E-state index is 12.0. The Morgan fingerprint density at radius 3 is 2.17 bits per heavy atom. The average Bonchev–Trinajstić information content (AvgIpc) is 2.47. The molecule has 0 atom stereocenters. The zero-order valence-electron chi connectivity index (χ0n) is 13.1. The fourth-order valence-corrected chi connectivity index (χ4v) is 3.33. The highest BCUT2D eigenvalue weighted by Crippen LogP contribution is 2.15. The van der Waals surface area contributed by atoms with Crippen LogP contribution in [0.4, 0.5) is 5.69 Å². The molecule has 0 aliphatic heterocycles. The van der Waals surface area contributed by atoms with Crippen LogP contribution in [0.25, 0.3) is 0 Å². The molecule has 0 bridgehead atoms. The molecule has 2 N–H and O–H groups in total. The van der Waals surface area contributed by atoms with Gasteiger partial charge in [-0.3, -0.25) is 4.79 Å². The highest BCUT2D eigenvalue weighted by atomic mass is 32.2. The second-order valence-corrected chi connectivity index (χ2v) is 7.22. The third kappa shape index (κ3) is 5.19. The molecule has 1 amide bonds. The van der Waals surface area contributed by atoms with Gasteiger partial charge in [0.15, 0.2) is 0 Å². The Morgan fingerprint density at radius 2 is 1.61 bits per heavy atom. The van der Waals surface area contributed by atoms with E-state index in [1.54, 1.807) is 26.0 Å². The van der Waals surface area contributed by atoms with Crippen LogP contribution in [0, 0.1) is 0 Å². The maximum Gasteiger partial charge on any atom is 0.240 e. The Kier molecular flexibility index (Phi) is 5.52. The molecule has 122 valence electrons. The number of amides is 1. The van der Waals surface area contributed by atoms with Gasteiger partial charge in [-0.05, 0) is 43.7 Å². The van der Waals surface area contributed by atoms with Gasteiger partial charge in [-0.15, -0.1) is 0 Å². The lowest BCUT2D eigenvalue weighted by atomic mass is 10.1. The molecule has 0 aliphatic carbocycles. The molecule has 0 radical (unpaired) electrons. The minimum Gasteiger partial charge on any atom is -0.326 e. The van der Waals surface area contributed by atoms with Gasteiger partial charge in [0.1, 0.15) is 0 Å². The lowest BCUT2D eigenvalue weighted by molar-refractivity contribution is -0.115. The molecule has 0 unspecified atom stereocenters. The van der Waals surface area contributed by atoms with Crippen LogP contribution < -0.4 is 10.0 Å². The van der Waals surface area contributed by atoms with E-state index in [4.69, 9.17) is 0 Å². The summed E-state index contributed by atoms with van der Waals surface area (Å²) in [4.78, 5) is 12.1. The van der Waals surface area contributed by atoms with Gasteiger partial charge in [-0.25, -0.2) is 13.1 Å². The van der Waals surface area contributed by atoms with E-state index in [-0.39, 0.29) is 23.3 Å².